The highest BCUT2D eigenvalue weighted by atomic mass is 35.5. The van der Waals surface area contributed by atoms with Crippen LogP contribution >= 0.6 is 11.6 Å². The summed E-state index contributed by atoms with van der Waals surface area (Å²) in [5.74, 6) is 0.897. The second kappa shape index (κ2) is 5.88. The molecule has 1 nitrogen and oxygen atoms in total. The third-order valence-electron chi connectivity index (χ3n) is 3.90. The Balaban J connectivity index is 2.08. The number of piperidine rings is 1. The van der Waals surface area contributed by atoms with Gasteiger partial charge >= 0.3 is 0 Å². The predicted molar refractivity (Wildman–Crippen MR) is 74.5 cm³/mol. The van der Waals surface area contributed by atoms with Crippen molar-refractivity contribution < 1.29 is 0 Å². The quantitative estimate of drug-likeness (QED) is 0.763. The summed E-state index contributed by atoms with van der Waals surface area (Å²) < 4.78 is 0. The third-order valence-corrected chi connectivity index (χ3v) is 4.15. The van der Waals surface area contributed by atoms with E-state index in [1.54, 1.807) is 0 Å². The maximum Gasteiger partial charge on any atom is 0.0406 e. The van der Waals surface area contributed by atoms with Crippen LogP contribution in [-0.4, -0.2) is 18.0 Å². The van der Waals surface area contributed by atoms with E-state index in [-0.39, 0.29) is 0 Å². The van der Waals surface area contributed by atoms with Crippen LogP contribution < -0.4 is 0 Å². The Kier molecular flexibility index (Phi) is 4.47. The lowest BCUT2D eigenvalue weighted by molar-refractivity contribution is 0.134. The number of likely N-dealkylation sites (tertiary alicyclic amines) is 1. The van der Waals surface area contributed by atoms with Crippen LogP contribution in [0.2, 0.25) is 5.02 Å². The van der Waals surface area contributed by atoms with Crippen molar-refractivity contribution in [2.75, 3.05) is 13.1 Å². The molecule has 0 N–H and O–H groups in total. The molecular formula is C15H22ClN. The number of halogens is 1. The summed E-state index contributed by atoms with van der Waals surface area (Å²) in [6.07, 6.45) is 3.85. The molecule has 1 aliphatic heterocycles. The van der Waals surface area contributed by atoms with Crippen LogP contribution in [0.4, 0.5) is 0 Å². The minimum atomic E-state index is 0.569. The number of hydrogen-bond acceptors (Lipinski definition) is 1. The molecule has 1 fully saturated rings. The molecule has 2 rings (SSSR count). The van der Waals surface area contributed by atoms with Crippen LogP contribution in [0.25, 0.3) is 0 Å². The fourth-order valence-corrected chi connectivity index (χ4v) is 2.86. The fourth-order valence-electron chi connectivity index (χ4n) is 2.73. The summed E-state index contributed by atoms with van der Waals surface area (Å²) >= 11 is 5.95. The topological polar surface area (TPSA) is 3.24 Å². The normalized spacial score (nSPS) is 20.4. The minimum absolute atomic E-state index is 0.569. The molecule has 0 saturated carbocycles. The molecule has 1 aromatic rings. The molecule has 0 aliphatic carbocycles. The molecule has 0 amide bonds. The molecule has 1 saturated heterocycles. The lowest BCUT2D eigenvalue weighted by Gasteiger charge is -2.36. The van der Waals surface area contributed by atoms with Gasteiger partial charge in [0.15, 0.2) is 0 Å². The van der Waals surface area contributed by atoms with Crippen LogP contribution in [0.15, 0.2) is 24.3 Å². The maximum absolute atomic E-state index is 5.95. The first-order chi connectivity index (χ1) is 8.20. The van der Waals surface area contributed by atoms with Crippen LogP contribution in [0.5, 0.6) is 0 Å². The Labute approximate surface area is 110 Å². The number of rotatable bonds is 3. The molecule has 0 aromatic heterocycles. The Morgan fingerprint density at radius 3 is 2.35 bits per heavy atom. The number of nitrogens with zero attached hydrogens (tertiary/aromatic N) is 1. The molecule has 2 heteroatoms. The highest BCUT2D eigenvalue weighted by Crippen LogP contribution is 2.29. The second-order valence-electron chi connectivity index (χ2n) is 5.19. The Morgan fingerprint density at radius 1 is 1.24 bits per heavy atom. The highest BCUT2D eigenvalue weighted by Gasteiger charge is 2.23. The largest absolute Gasteiger partial charge is 0.296 e. The van der Waals surface area contributed by atoms with Gasteiger partial charge in [-0.3, -0.25) is 4.90 Å². The summed E-state index contributed by atoms with van der Waals surface area (Å²) in [5, 5.41) is 0.830. The molecule has 0 spiro atoms. The van der Waals surface area contributed by atoms with Crippen molar-refractivity contribution in [3.8, 4) is 0 Å². The minimum Gasteiger partial charge on any atom is -0.296 e. The molecule has 1 aliphatic rings. The molecule has 0 unspecified atom stereocenters. The van der Waals surface area contributed by atoms with E-state index < -0.39 is 0 Å². The first kappa shape index (κ1) is 12.9. The van der Waals surface area contributed by atoms with E-state index in [1.807, 2.05) is 12.1 Å². The standard InChI is InChI=1S/C15H22ClN/c1-3-15(13-4-6-14(16)7-5-13)17-10-8-12(2)9-11-17/h4-7,12,15H,3,8-11H2,1-2H3/t15-/m1/s1. The van der Waals surface area contributed by atoms with Gasteiger partial charge in [-0.05, 0) is 56.0 Å². The van der Waals surface area contributed by atoms with Crippen LogP contribution in [0.1, 0.15) is 44.7 Å². The van der Waals surface area contributed by atoms with Crippen molar-refractivity contribution >= 4 is 11.6 Å². The Morgan fingerprint density at radius 2 is 1.82 bits per heavy atom. The molecule has 1 aromatic carbocycles. The van der Waals surface area contributed by atoms with E-state index in [0.29, 0.717) is 6.04 Å². The summed E-state index contributed by atoms with van der Waals surface area (Å²) in [7, 11) is 0. The zero-order valence-electron chi connectivity index (χ0n) is 10.8. The summed E-state index contributed by atoms with van der Waals surface area (Å²) in [4.78, 5) is 2.63. The van der Waals surface area contributed by atoms with E-state index in [4.69, 9.17) is 11.6 Å². The summed E-state index contributed by atoms with van der Waals surface area (Å²) in [6, 6.07) is 8.93. The maximum atomic E-state index is 5.95. The van der Waals surface area contributed by atoms with Gasteiger partial charge in [-0.2, -0.15) is 0 Å². The Bertz CT molecular complexity index is 338. The van der Waals surface area contributed by atoms with E-state index >= 15 is 0 Å². The van der Waals surface area contributed by atoms with Gasteiger partial charge in [-0.1, -0.05) is 37.6 Å². The zero-order valence-corrected chi connectivity index (χ0v) is 11.6. The van der Waals surface area contributed by atoms with E-state index in [9.17, 15) is 0 Å². The molecule has 0 radical (unpaired) electrons. The van der Waals surface area contributed by atoms with E-state index in [2.05, 4.69) is 30.9 Å². The van der Waals surface area contributed by atoms with Crippen LogP contribution in [-0.2, 0) is 0 Å². The number of hydrogen-bond donors (Lipinski definition) is 0. The van der Waals surface area contributed by atoms with Crippen LogP contribution in [0, 0.1) is 5.92 Å². The second-order valence-corrected chi connectivity index (χ2v) is 5.63. The molecular weight excluding hydrogens is 230 g/mol. The van der Waals surface area contributed by atoms with Gasteiger partial charge in [-0.15, -0.1) is 0 Å². The van der Waals surface area contributed by atoms with E-state index in [1.165, 1.54) is 37.9 Å². The van der Waals surface area contributed by atoms with Crippen molar-refractivity contribution in [2.45, 2.75) is 39.2 Å². The van der Waals surface area contributed by atoms with Gasteiger partial charge < -0.3 is 0 Å². The third kappa shape index (κ3) is 3.23. The van der Waals surface area contributed by atoms with Crippen molar-refractivity contribution in [2.24, 2.45) is 5.92 Å². The Hall–Kier alpha value is -0.530. The smallest absolute Gasteiger partial charge is 0.0406 e. The summed E-state index contributed by atoms with van der Waals surface area (Å²) in [6.45, 7) is 7.11. The van der Waals surface area contributed by atoms with Gasteiger partial charge in [-0.25, -0.2) is 0 Å². The van der Waals surface area contributed by atoms with Gasteiger partial charge in [0, 0.05) is 11.1 Å². The van der Waals surface area contributed by atoms with Gasteiger partial charge in [0.1, 0.15) is 0 Å². The predicted octanol–water partition coefficient (Wildman–Crippen LogP) is 4.52. The zero-order chi connectivity index (χ0) is 12.3. The molecule has 0 bridgehead atoms. The first-order valence-electron chi connectivity index (χ1n) is 6.70. The van der Waals surface area contributed by atoms with E-state index in [0.717, 1.165) is 10.9 Å². The first-order valence-corrected chi connectivity index (χ1v) is 7.08. The van der Waals surface area contributed by atoms with Gasteiger partial charge in [0.05, 0.1) is 0 Å². The molecule has 1 heterocycles. The van der Waals surface area contributed by atoms with Gasteiger partial charge in [0.2, 0.25) is 0 Å². The highest BCUT2D eigenvalue weighted by molar-refractivity contribution is 6.30. The lowest BCUT2D eigenvalue weighted by Crippen LogP contribution is -2.35. The lowest BCUT2D eigenvalue weighted by atomic mass is 9.95. The number of benzene rings is 1. The van der Waals surface area contributed by atoms with Crippen molar-refractivity contribution in [1.29, 1.82) is 0 Å². The molecule has 17 heavy (non-hydrogen) atoms. The van der Waals surface area contributed by atoms with Crippen molar-refractivity contribution in [1.82, 2.24) is 4.90 Å². The molecule has 94 valence electrons. The summed E-state index contributed by atoms with van der Waals surface area (Å²) in [5.41, 5.74) is 1.41. The van der Waals surface area contributed by atoms with Crippen LogP contribution in [0.3, 0.4) is 0 Å². The average Bonchev–Trinajstić information content (AvgIpc) is 2.35. The van der Waals surface area contributed by atoms with Crippen molar-refractivity contribution in [3.05, 3.63) is 34.9 Å². The fraction of sp³-hybridized carbons (Fsp3) is 0.600. The SMILES string of the molecule is CC[C@H](c1ccc(Cl)cc1)N1CCC(C)CC1. The monoisotopic (exact) mass is 251 g/mol. The molecule has 1 atom stereocenters. The van der Waals surface area contributed by atoms with Crippen molar-refractivity contribution in [3.63, 3.8) is 0 Å². The van der Waals surface area contributed by atoms with Gasteiger partial charge in [0.25, 0.3) is 0 Å². The average molecular weight is 252 g/mol.